The molecule has 2 N–H and O–H groups in total. The molecule has 0 unspecified atom stereocenters. The van der Waals surface area contributed by atoms with Crippen molar-refractivity contribution < 1.29 is 72.5 Å². The van der Waals surface area contributed by atoms with Gasteiger partial charge in [0.2, 0.25) is 5.75 Å². The summed E-state index contributed by atoms with van der Waals surface area (Å²) in [7, 11) is 0. The molecule has 0 bridgehead atoms. The third-order valence-corrected chi connectivity index (χ3v) is 1.16. The number of phenols is 1. The molecule has 0 aromatic heterocycles. The van der Waals surface area contributed by atoms with Crippen LogP contribution >= 0.6 is 12.2 Å². The first-order chi connectivity index (χ1) is 5.34. The van der Waals surface area contributed by atoms with Gasteiger partial charge in [0.1, 0.15) is 0 Å². The minimum atomic E-state index is -0.0125. The number of phenolic OH excluding ortho intramolecular Hbond substituents is 1. The van der Waals surface area contributed by atoms with E-state index in [0.29, 0.717) is 12.2 Å². The van der Waals surface area contributed by atoms with E-state index in [0.717, 1.165) is 0 Å². The van der Waals surface area contributed by atoms with Crippen LogP contribution < -0.4 is 63.1 Å². The van der Waals surface area contributed by atoms with E-state index in [-0.39, 0.29) is 69.7 Å². The maximum Gasteiger partial charge on any atom is 1.00 e. The Labute approximate surface area is 123 Å². The topological polar surface area (TPSA) is 62.5 Å². The molecule has 0 spiro atoms. The van der Waals surface area contributed by atoms with E-state index in [4.69, 9.17) is 10.2 Å². The first kappa shape index (κ1) is 12.9. The van der Waals surface area contributed by atoms with Crippen molar-refractivity contribution in [2.45, 2.75) is 0 Å². The van der Waals surface area contributed by atoms with E-state index in [1.165, 1.54) is 12.1 Å². The van der Waals surface area contributed by atoms with Crippen LogP contribution in [0.2, 0.25) is 0 Å². The summed E-state index contributed by atoms with van der Waals surface area (Å²) in [4.78, 5) is 4.51. The van der Waals surface area contributed by atoms with Crippen LogP contribution in [0.4, 0.5) is 0 Å². The van der Waals surface area contributed by atoms with Crippen molar-refractivity contribution in [1.82, 2.24) is 0 Å². The molecule has 0 fully saturated rings. The molecule has 0 amide bonds. The molecule has 0 aliphatic rings. The Morgan fingerprint density at radius 1 is 1.33 bits per heavy atom. The molecule has 0 aliphatic heterocycles. The molecular weight excluding hydrogens is 252 g/mol. The van der Waals surface area contributed by atoms with Crippen LogP contribution in [0.25, 0.3) is 5.14 Å². The standard InChI is InChI=1S/C6H6NO3S.Rb/c7-11-10-9-6-4-2-1-3-5(6)8;/h1-4,7-8H;/q-1;+1. The van der Waals surface area contributed by atoms with E-state index in [1.54, 1.807) is 12.1 Å². The van der Waals surface area contributed by atoms with E-state index in [2.05, 4.69) is 9.22 Å². The van der Waals surface area contributed by atoms with Gasteiger partial charge >= 0.3 is 58.2 Å². The molecule has 1 rings (SSSR count). The van der Waals surface area contributed by atoms with Gasteiger partial charge in [-0.05, 0) is 12.1 Å². The Morgan fingerprint density at radius 3 is 2.58 bits per heavy atom. The van der Waals surface area contributed by atoms with Gasteiger partial charge in [-0.1, -0.05) is 24.4 Å². The fraction of sp³-hybridized carbons (Fsp3) is 0. The molecule has 0 atom stereocenters. The van der Waals surface area contributed by atoms with Crippen molar-refractivity contribution in [2.24, 2.45) is 0 Å². The Morgan fingerprint density at radius 2 is 2.00 bits per heavy atom. The zero-order valence-electron chi connectivity index (χ0n) is 6.48. The summed E-state index contributed by atoms with van der Waals surface area (Å²) in [6.45, 7) is 0. The maximum atomic E-state index is 9.06. The predicted molar refractivity (Wildman–Crippen MR) is 41.7 cm³/mol. The Kier molecular flexibility index (Phi) is 7.86. The summed E-state index contributed by atoms with van der Waals surface area (Å²) in [5.41, 5.74) is 0. The van der Waals surface area contributed by atoms with Gasteiger partial charge in [0.25, 0.3) is 0 Å². The molecule has 0 heterocycles. The van der Waals surface area contributed by atoms with Crippen LogP contribution in [0.15, 0.2) is 24.3 Å². The minimum absolute atomic E-state index is 0. The monoisotopic (exact) mass is 257 g/mol. The fourth-order valence-electron chi connectivity index (χ4n) is 0.581. The number of nitrogens with one attached hydrogen (secondary N) is 1. The smallest absolute Gasteiger partial charge is 0.593 e. The van der Waals surface area contributed by atoms with Crippen LogP contribution in [0.5, 0.6) is 11.5 Å². The summed E-state index contributed by atoms with van der Waals surface area (Å²) in [5, 5.41) is 15.6. The van der Waals surface area contributed by atoms with Crippen LogP contribution in [0.3, 0.4) is 0 Å². The normalized spacial score (nSPS) is 8.75. The van der Waals surface area contributed by atoms with Crippen molar-refractivity contribution in [1.29, 1.82) is 0 Å². The maximum absolute atomic E-state index is 9.06. The first-order valence-electron chi connectivity index (χ1n) is 2.79. The molecule has 0 saturated heterocycles. The molecule has 0 radical (unpaired) electrons. The van der Waals surface area contributed by atoms with E-state index in [9.17, 15) is 0 Å². The number of rotatable bonds is 3. The zero-order valence-corrected chi connectivity index (χ0v) is 12.2. The predicted octanol–water partition coefficient (Wildman–Crippen LogP) is -0.678. The number of benzene rings is 1. The number of para-hydroxylation sites is 2. The Hall–Kier alpha value is 0.895. The van der Waals surface area contributed by atoms with Gasteiger partial charge in [-0.25, -0.2) is 0 Å². The number of hydrogen-bond donors (Lipinski definition) is 1. The third kappa shape index (κ3) is 4.22. The van der Waals surface area contributed by atoms with Crippen molar-refractivity contribution in [3.8, 4) is 11.5 Å². The summed E-state index contributed by atoms with van der Waals surface area (Å²) in [6.07, 6.45) is 0. The van der Waals surface area contributed by atoms with Gasteiger partial charge in [0, 0.05) is 0 Å². The largest absolute Gasteiger partial charge is 1.00 e. The van der Waals surface area contributed by atoms with Gasteiger partial charge in [0.15, 0.2) is 5.75 Å². The van der Waals surface area contributed by atoms with Crippen LogP contribution in [-0.4, -0.2) is 5.11 Å². The molecule has 1 aromatic carbocycles. The van der Waals surface area contributed by atoms with Gasteiger partial charge in [0.05, 0.1) is 0 Å². The van der Waals surface area contributed by atoms with Crippen LogP contribution in [0.1, 0.15) is 0 Å². The van der Waals surface area contributed by atoms with Crippen molar-refractivity contribution in [3.05, 3.63) is 29.4 Å². The zero-order chi connectivity index (χ0) is 8.10. The number of hydrogen-bond acceptors (Lipinski definition) is 4. The average Bonchev–Trinajstić information content (AvgIpc) is 2.03. The summed E-state index contributed by atoms with van der Waals surface area (Å²) in [6, 6.07) is 6.35. The Balaban J connectivity index is 0.00000121. The fourth-order valence-corrected chi connectivity index (χ4v) is 0.689. The molecule has 60 valence electrons. The van der Waals surface area contributed by atoms with Crippen molar-refractivity contribution >= 4 is 12.2 Å². The molecule has 0 aliphatic carbocycles. The second-order valence-corrected chi connectivity index (χ2v) is 2.01. The molecular formula is C6H6NO3RbS. The van der Waals surface area contributed by atoms with Gasteiger partial charge in [-0.3, -0.25) is 0 Å². The van der Waals surface area contributed by atoms with Crippen molar-refractivity contribution in [3.63, 3.8) is 0 Å². The minimum Gasteiger partial charge on any atom is -0.593 e. The average molecular weight is 258 g/mol. The SMILES string of the molecule is [NH-]SOOc1ccccc1O.[Rb+]. The van der Waals surface area contributed by atoms with Gasteiger partial charge < -0.3 is 15.1 Å². The second-order valence-electron chi connectivity index (χ2n) is 1.70. The summed E-state index contributed by atoms with van der Waals surface area (Å²) in [5.74, 6) is 0.189. The van der Waals surface area contributed by atoms with Crippen LogP contribution in [-0.2, 0) is 4.33 Å². The van der Waals surface area contributed by atoms with E-state index < -0.39 is 0 Å². The second kappa shape index (κ2) is 7.31. The molecule has 12 heavy (non-hydrogen) atoms. The third-order valence-electron chi connectivity index (χ3n) is 1.02. The summed E-state index contributed by atoms with van der Waals surface area (Å²) >= 11 is 0.322. The first-order valence-corrected chi connectivity index (χ1v) is 3.53. The van der Waals surface area contributed by atoms with Crippen LogP contribution in [0, 0.1) is 0 Å². The Bertz CT molecular complexity index is 236. The van der Waals surface area contributed by atoms with E-state index >= 15 is 0 Å². The van der Waals surface area contributed by atoms with Crippen molar-refractivity contribution in [2.75, 3.05) is 0 Å². The molecule has 6 heteroatoms. The quantitative estimate of drug-likeness (QED) is 0.337. The van der Waals surface area contributed by atoms with E-state index in [1.807, 2.05) is 0 Å². The summed E-state index contributed by atoms with van der Waals surface area (Å²) < 4.78 is 4.22. The molecule has 0 saturated carbocycles. The molecule has 4 nitrogen and oxygen atoms in total. The van der Waals surface area contributed by atoms with Gasteiger partial charge in [-0.15, -0.1) is 4.33 Å². The number of aromatic hydroxyl groups is 1. The van der Waals surface area contributed by atoms with Gasteiger partial charge in [-0.2, -0.15) is 0 Å². The molecule has 1 aromatic rings.